The van der Waals surface area contributed by atoms with Crippen LogP contribution < -0.4 is 0 Å². The van der Waals surface area contributed by atoms with Crippen LogP contribution in [0.25, 0.3) is 0 Å². The predicted molar refractivity (Wildman–Crippen MR) is 54.6 cm³/mol. The molecule has 0 spiro atoms. The summed E-state index contributed by atoms with van der Waals surface area (Å²) in [5.74, 6) is 0. The highest BCUT2D eigenvalue weighted by atomic mass is 28.3. The van der Waals surface area contributed by atoms with E-state index in [0.29, 0.717) is 5.41 Å². The largest absolute Gasteiger partial charge is 0.347 e. The van der Waals surface area contributed by atoms with E-state index in [-0.39, 0.29) is 0 Å². The zero-order valence-electron chi connectivity index (χ0n) is 8.76. The molecule has 1 heterocycles. The van der Waals surface area contributed by atoms with E-state index in [9.17, 15) is 0 Å². The van der Waals surface area contributed by atoms with Crippen LogP contribution in [0.15, 0.2) is 0 Å². The summed E-state index contributed by atoms with van der Waals surface area (Å²) in [6.07, 6.45) is 1.32. The van der Waals surface area contributed by atoms with Crippen LogP contribution in [-0.2, 0) is 4.53 Å². The fourth-order valence-electron chi connectivity index (χ4n) is 1.55. The van der Waals surface area contributed by atoms with E-state index < -0.39 is 9.04 Å². The minimum atomic E-state index is -0.925. The lowest BCUT2D eigenvalue weighted by Gasteiger charge is -2.34. The second-order valence-corrected chi connectivity index (χ2v) is 7.20. The van der Waals surface area contributed by atoms with Gasteiger partial charge in [-0.25, -0.2) is 5.06 Å². The zero-order chi connectivity index (χ0) is 9.19. The Morgan fingerprint density at radius 2 is 1.92 bits per heavy atom. The minimum absolute atomic E-state index is 0.441. The maximum Gasteiger partial charge on any atom is 0.203 e. The van der Waals surface area contributed by atoms with Crippen LogP contribution in [0, 0.1) is 5.41 Å². The van der Waals surface area contributed by atoms with E-state index in [0.717, 1.165) is 13.1 Å². The van der Waals surface area contributed by atoms with Crippen molar-refractivity contribution in [3.05, 3.63) is 0 Å². The van der Waals surface area contributed by atoms with Crippen molar-refractivity contribution in [1.82, 2.24) is 5.06 Å². The van der Waals surface area contributed by atoms with Gasteiger partial charge in [-0.3, -0.25) is 0 Å². The lowest BCUT2D eigenvalue weighted by Crippen LogP contribution is -2.41. The number of hydroxylamine groups is 2. The quantitative estimate of drug-likeness (QED) is 0.627. The normalized spacial score (nSPS) is 22.0. The summed E-state index contributed by atoms with van der Waals surface area (Å²) >= 11 is 0. The molecule has 0 saturated carbocycles. The molecule has 1 saturated heterocycles. The van der Waals surface area contributed by atoms with E-state index in [4.69, 9.17) is 4.53 Å². The molecular weight excluding hydrogens is 166 g/mol. The minimum Gasteiger partial charge on any atom is -0.347 e. The van der Waals surface area contributed by atoms with Crippen molar-refractivity contribution in [3.8, 4) is 0 Å². The Balaban J connectivity index is 2.14. The molecular formula is C9H21NOSi. The summed E-state index contributed by atoms with van der Waals surface area (Å²) in [6.45, 7) is 11.5. The molecule has 0 radical (unpaired) electrons. The van der Waals surface area contributed by atoms with Crippen LogP contribution in [0.1, 0.15) is 27.2 Å². The maximum atomic E-state index is 5.83. The van der Waals surface area contributed by atoms with Gasteiger partial charge in [-0.05, 0) is 24.4 Å². The van der Waals surface area contributed by atoms with Gasteiger partial charge >= 0.3 is 0 Å². The lowest BCUT2D eigenvalue weighted by atomic mass is 10.0. The van der Waals surface area contributed by atoms with Gasteiger partial charge in [0.25, 0.3) is 0 Å². The second-order valence-electron chi connectivity index (χ2n) is 4.96. The molecule has 12 heavy (non-hydrogen) atoms. The summed E-state index contributed by atoms with van der Waals surface area (Å²) in [7, 11) is -0.925. The number of nitrogens with zero attached hydrogens (tertiary/aromatic N) is 1. The van der Waals surface area contributed by atoms with Gasteiger partial charge in [0.05, 0.1) is 0 Å². The second kappa shape index (κ2) is 3.90. The molecule has 0 bridgehead atoms. The van der Waals surface area contributed by atoms with E-state index in [1.165, 1.54) is 12.5 Å². The number of hydrogen-bond acceptors (Lipinski definition) is 2. The highest BCUT2D eigenvalue weighted by Gasteiger charge is 2.22. The van der Waals surface area contributed by atoms with Crippen molar-refractivity contribution < 1.29 is 4.53 Å². The summed E-state index contributed by atoms with van der Waals surface area (Å²) in [4.78, 5) is 0. The van der Waals surface area contributed by atoms with Crippen molar-refractivity contribution in [2.45, 2.75) is 39.8 Å². The molecule has 1 unspecified atom stereocenters. The monoisotopic (exact) mass is 187 g/mol. The number of hydrogen-bond donors (Lipinski definition) is 0. The first kappa shape index (κ1) is 10.2. The highest BCUT2D eigenvalue weighted by Crippen LogP contribution is 2.23. The van der Waals surface area contributed by atoms with Gasteiger partial charge in [0, 0.05) is 13.1 Å². The third kappa shape index (κ3) is 3.69. The van der Waals surface area contributed by atoms with Gasteiger partial charge in [0.15, 0.2) is 0 Å². The molecule has 0 aromatic rings. The zero-order valence-corrected chi connectivity index (χ0v) is 9.92. The molecule has 0 N–H and O–H groups in total. The average Bonchev–Trinajstić information content (AvgIpc) is 1.74. The molecule has 1 atom stereocenters. The first-order chi connectivity index (χ1) is 5.47. The number of rotatable bonds is 3. The van der Waals surface area contributed by atoms with Gasteiger partial charge in [0.1, 0.15) is 0 Å². The highest BCUT2D eigenvalue weighted by molar-refractivity contribution is 6.50. The van der Waals surface area contributed by atoms with E-state index >= 15 is 0 Å². The van der Waals surface area contributed by atoms with E-state index in [1.54, 1.807) is 0 Å². The molecule has 1 rings (SSSR count). The first-order valence-corrected chi connectivity index (χ1v) is 7.33. The Labute approximate surface area is 77.6 Å². The molecule has 0 aliphatic carbocycles. The predicted octanol–water partition coefficient (Wildman–Crippen LogP) is 2.02. The van der Waals surface area contributed by atoms with Gasteiger partial charge in [-0.2, -0.15) is 0 Å². The molecule has 2 nitrogen and oxygen atoms in total. The SMILES string of the molecule is C[SiH](CC(C)(C)C)ON1CCC1. The third-order valence-electron chi connectivity index (χ3n) is 2.04. The van der Waals surface area contributed by atoms with Crippen molar-refractivity contribution >= 4 is 9.04 Å². The summed E-state index contributed by atoms with van der Waals surface area (Å²) < 4.78 is 5.83. The third-order valence-corrected chi connectivity index (χ3v) is 4.50. The molecule has 0 aromatic carbocycles. The Morgan fingerprint density at radius 1 is 1.33 bits per heavy atom. The van der Waals surface area contributed by atoms with Gasteiger partial charge in [0.2, 0.25) is 9.04 Å². The van der Waals surface area contributed by atoms with E-state index in [1.807, 2.05) is 0 Å². The molecule has 0 aromatic heterocycles. The van der Waals surface area contributed by atoms with Crippen molar-refractivity contribution in [2.75, 3.05) is 13.1 Å². The summed E-state index contributed by atoms with van der Waals surface area (Å²) in [5, 5.41) is 2.13. The van der Waals surface area contributed by atoms with E-state index in [2.05, 4.69) is 32.4 Å². The Hall–Kier alpha value is 0.137. The van der Waals surface area contributed by atoms with Gasteiger partial charge < -0.3 is 4.53 Å². The van der Waals surface area contributed by atoms with Crippen LogP contribution in [0.5, 0.6) is 0 Å². The van der Waals surface area contributed by atoms with Crippen molar-refractivity contribution in [3.63, 3.8) is 0 Å². The Bertz CT molecular complexity index is 140. The van der Waals surface area contributed by atoms with Crippen molar-refractivity contribution in [2.24, 2.45) is 5.41 Å². The Kier molecular flexibility index (Phi) is 3.32. The topological polar surface area (TPSA) is 12.5 Å². The molecule has 1 fully saturated rings. The van der Waals surface area contributed by atoms with Gasteiger partial charge in [-0.15, -0.1) is 0 Å². The van der Waals surface area contributed by atoms with Gasteiger partial charge in [-0.1, -0.05) is 20.8 Å². The Morgan fingerprint density at radius 3 is 2.25 bits per heavy atom. The van der Waals surface area contributed by atoms with Crippen LogP contribution in [0.2, 0.25) is 12.6 Å². The summed E-state index contributed by atoms with van der Waals surface area (Å²) in [6, 6.07) is 1.27. The molecule has 1 aliphatic rings. The first-order valence-electron chi connectivity index (χ1n) is 4.89. The molecule has 3 heteroatoms. The fraction of sp³-hybridized carbons (Fsp3) is 1.00. The van der Waals surface area contributed by atoms with Crippen LogP contribution in [0.3, 0.4) is 0 Å². The maximum absolute atomic E-state index is 5.83. The van der Waals surface area contributed by atoms with Crippen molar-refractivity contribution in [1.29, 1.82) is 0 Å². The fourth-order valence-corrected chi connectivity index (χ4v) is 4.07. The molecule has 0 amide bonds. The molecule has 72 valence electrons. The molecule has 1 aliphatic heterocycles. The summed E-state index contributed by atoms with van der Waals surface area (Å²) in [5.41, 5.74) is 0.441. The average molecular weight is 187 g/mol. The lowest BCUT2D eigenvalue weighted by molar-refractivity contribution is -0.112. The van der Waals surface area contributed by atoms with Crippen LogP contribution >= 0.6 is 0 Å². The van der Waals surface area contributed by atoms with Crippen LogP contribution in [-0.4, -0.2) is 27.2 Å². The smallest absolute Gasteiger partial charge is 0.203 e. The van der Waals surface area contributed by atoms with Crippen LogP contribution in [0.4, 0.5) is 0 Å². The standard InChI is InChI=1S/C9H21NOSi/c1-9(2,3)8-12(4)11-10-6-5-7-10/h12H,5-8H2,1-4H3.